The molecule has 1 fully saturated rings. The Labute approximate surface area is 93.8 Å². The van der Waals surface area contributed by atoms with Gasteiger partial charge in [0.05, 0.1) is 0 Å². The van der Waals surface area contributed by atoms with Crippen LogP contribution in [0.25, 0.3) is 5.57 Å². The number of hydrogen-bond acceptors (Lipinski definition) is 3. The minimum Gasteiger partial charge on any atom is -0.356 e. The van der Waals surface area contributed by atoms with Crippen LogP contribution >= 0.6 is 0 Å². The first-order valence-corrected chi connectivity index (χ1v) is 5.69. The summed E-state index contributed by atoms with van der Waals surface area (Å²) in [6, 6.07) is 1.77. The minimum atomic E-state index is 0.115. The molecular weight excluding hydrogens is 202 g/mol. The molecule has 1 heterocycles. The molecule has 2 aliphatic carbocycles. The Balaban J connectivity index is 1.73. The highest BCUT2D eigenvalue weighted by Gasteiger charge is 2.26. The van der Waals surface area contributed by atoms with E-state index in [-0.39, 0.29) is 5.78 Å². The highest BCUT2D eigenvalue weighted by Crippen LogP contribution is 2.33. The van der Waals surface area contributed by atoms with E-state index in [1.807, 2.05) is 12.2 Å². The summed E-state index contributed by atoms with van der Waals surface area (Å²) in [6.07, 6.45) is 9.91. The van der Waals surface area contributed by atoms with Gasteiger partial charge in [0, 0.05) is 18.1 Å². The van der Waals surface area contributed by atoms with Crippen molar-refractivity contribution in [3.05, 3.63) is 35.7 Å². The quantitative estimate of drug-likeness (QED) is 0.725. The largest absolute Gasteiger partial charge is 0.356 e. The first-order chi connectivity index (χ1) is 7.83. The molecular formula is C13H13NO2. The average molecular weight is 215 g/mol. The van der Waals surface area contributed by atoms with Crippen LogP contribution in [-0.4, -0.2) is 10.9 Å². The second kappa shape index (κ2) is 3.74. The third-order valence-corrected chi connectivity index (χ3v) is 3.05. The summed E-state index contributed by atoms with van der Waals surface area (Å²) in [4.78, 5) is 11.8. The van der Waals surface area contributed by atoms with Gasteiger partial charge in [-0.3, -0.25) is 4.79 Å². The smallest absolute Gasteiger partial charge is 0.185 e. The molecule has 0 amide bonds. The summed E-state index contributed by atoms with van der Waals surface area (Å²) in [5.41, 5.74) is 1.58. The number of rotatable bonds is 4. The summed E-state index contributed by atoms with van der Waals surface area (Å²) in [6.45, 7) is 0. The molecule has 0 unspecified atom stereocenters. The molecule has 2 aliphatic rings. The third-order valence-electron chi connectivity index (χ3n) is 3.05. The Morgan fingerprint density at radius 1 is 1.50 bits per heavy atom. The fourth-order valence-electron chi connectivity index (χ4n) is 1.88. The predicted molar refractivity (Wildman–Crippen MR) is 59.9 cm³/mol. The van der Waals surface area contributed by atoms with Crippen LogP contribution in [0.2, 0.25) is 0 Å². The molecule has 0 aliphatic heterocycles. The van der Waals surface area contributed by atoms with Crippen molar-refractivity contribution in [3.8, 4) is 0 Å². The van der Waals surface area contributed by atoms with Gasteiger partial charge >= 0.3 is 0 Å². The number of carbonyl (C=O) groups excluding carboxylic acids is 1. The van der Waals surface area contributed by atoms with Crippen LogP contribution in [0.1, 0.15) is 41.9 Å². The number of carbonyl (C=O) groups is 1. The molecule has 0 atom stereocenters. The normalized spacial score (nSPS) is 18.9. The Bertz CT molecular complexity index is 478. The van der Waals surface area contributed by atoms with Gasteiger partial charge in [0.1, 0.15) is 5.69 Å². The molecule has 82 valence electrons. The van der Waals surface area contributed by atoms with E-state index in [1.54, 1.807) is 6.07 Å². The topological polar surface area (TPSA) is 43.1 Å². The first-order valence-electron chi connectivity index (χ1n) is 5.69. The lowest BCUT2D eigenvalue weighted by atomic mass is 10.1. The van der Waals surface area contributed by atoms with Gasteiger partial charge in [-0.1, -0.05) is 23.4 Å². The summed E-state index contributed by atoms with van der Waals surface area (Å²) < 4.78 is 5.19. The number of Topliss-reactive ketones (excluding diaryl/α,β-unsaturated/α-hetero) is 1. The van der Waals surface area contributed by atoms with Gasteiger partial charge in [-0.15, -0.1) is 0 Å². The zero-order valence-electron chi connectivity index (χ0n) is 8.98. The molecule has 3 rings (SSSR count). The number of ketones is 1. The van der Waals surface area contributed by atoms with E-state index >= 15 is 0 Å². The maximum atomic E-state index is 11.8. The van der Waals surface area contributed by atoms with Crippen LogP contribution < -0.4 is 0 Å². The van der Waals surface area contributed by atoms with Crippen molar-refractivity contribution in [1.29, 1.82) is 0 Å². The molecule has 0 saturated heterocycles. The van der Waals surface area contributed by atoms with Crippen LogP contribution in [-0.2, 0) is 0 Å². The SMILES string of the molecule is O=C(CC1CC1)c1cc(C2=CC=CC2)on1. The fraction of sp³-hybridized carbons (Fsp3) is 0.385. The van der Waals surface area contributed by atoms with Crippen molar-refractivity contribution in [2.24, 2.45) is 5.92 Å². The predicted octanol–water partition coefficient (Wildman–Crippen LogP) is 3.00. The van der Waals surface area contributed by atoms with Crippen LogP contribution in [0.3, 0.4) is 0 Å². The van der Waals surface area contributed by atoms with Crippen LogP contribution in [0.5, 0.6) is 0 Å². The van der Waals surface area contributed by atoms with Gasteiger partial charge in [0.15, 0.2) is 11.5 Å². The molecule has 3 nitrogen and oxygen atoms in total. The molecule has 0 radical (unpaired) electrons. The minimum absolute atomic E-state index is 0.115. The van der Waals surface area contributed by atoms with Gasteiger partial charge in [0.25, 0.3) is 0 Å². The van der Waals surface area contributed by atoms with Crippen molar-refractivity contribution < 1.29 is 9.32 Å². The van der Waals surface area contributed by atoms with Gasteiger partial charge in [-0.25, -0.2) is 0 Å². The zero-order valence-corrected chi connectivity index (χ0v) is 8.98. The van der Waals surface area contributed by atoms with Gasteiger partial charge in [-0.2, -0.15) is 0 Å². The van der Waals surface area contributed by atoms with E-state index in [2.05, 4.69) is 11.2 Å². The molecule has 3 heteroatoms. The first kappa shape index (κ1) is 9.58. The second-order valence-corrected chi connectivity index (χ2v) is 4.47. The second-order valence-electron chi connectivity index (χ2n) is 4.47. The van der Waals surface area contributed by atoms with Crippen molar-refractivity contribution in [2.45, 2.75) is 25.7 Å². The lowest BCUT2D eigenvalue weighted by Crippen LogP contribution is -1.99. The summed E-state index contributed by atoms with van der Waals surface area (Å²) >= 11 is 0. The lowest BCUT2D eigenvalue weighted by molar-refractivity contribution is 0.0967. The van der Waals surface area contributed by atoms with E-state index in [0.29, 0.717) is 18.0 Å². The van der Waals surface area contributed by atoms with E-state index < -0.39 is 0 Å². The van der Waals surface area contributed by atoms with Crippen molar-refractivity contribution in [2.75, 3.05) is 0 Å². The molecule has 16 heavy (non-hydrogen) atoms. The molecule has 1 aromatic rings. The molecule has 0 spiro atoms. The number of aromatic nitrogens is 1. The molecule has 0 aromatic carbocycles. The van der Waals surface area contributed by atoms with Crippen molar-refractivity contribution >= 4 is 11.4 Å². The van der Waals surface area contributed by atoms with E-state index in [9.17, 15) is 4.79 Å². The number of nitrogens with zero attached hydrogens (tertiary/aromatic N) is 1. The zero-order chi connectivity index (χ0) is 11.0. The van der Waals surface area contributed by atoms with Crippen LogP contribution in [0.4, 0.5) is 0 Å². The van der Waals surface area contributed by atoms with E-state index in [4.69, 9.17) is 4.52 Å². The van der Waals surface area contributed by atoms with Gasteiger partial charge < -0.3 is 4.52 Å². The summed E-state index contributed by atoms with van der Waals surface area (Å²) in [7, 11) is 0. The van der Waals surface area contributed by atoms with Gasteiger partial charge in [0.2, 0.25) is 0 Å². The third kappa shape index (κ3) is 1.85. The summed E-state index contributed by atoms with van der Waals surface area (Å²) in [5, 5.41) is 3.85. The van der Waals surface area contributed by atoms with E-state index in [0.717, 1.165) is 17.8 Å². The standard InChI is InChI=1S/C13H13NO2/c15-12(7-9-5-6-9)11-8-13(16-14-11)10-3-1-2-4-10/h1-3,8-9H,4-7H2. The van der Waals surface area contributed by atoms with Crippen molar-refractivity contribution in [1.82, 2.24) is 5.16 Å². The highest BCUT2D eigenvalue weighted by molar-refractivity contribution is 5.95. The van der Waals surface area contributed by atoms with Crippen LogP contribution in [0.15, 0.2) is 28.8 Å². The molecule has 1 aromatic heterocycles. The average Bonchev–Trinajstić information content (AvgIpc) is 2.84. The summed E-state index contributed by atoms with van der Waals surface area (Å²) in [5.74, 6) is 1.44. The maximum Gasteiger partial charge on any atom is 0.185 e. The van der Waals surface area contributed by atoms with Crippen LogP contribution in [0, 0.1) is 5.92 Å². The Morgan fingerprint density at radius 2 is 2.38 bits per heavy atom. The Morgan fingerprint density at radius 3 is 3.06 bits per heavy atom. The molecule has 0 N–H and O–H groups in total. The van der Waals surface area contributed by atoms with Crippen molar-refractivity contribution in [3.63, 3.8) is 0 Å². The maximum absolute atomic E-state index is 11.8. The Hall–Kier alpha value is -1.64. The number of allylic oxidation sites excluding steroid dienone is 4. The molecule has 0 bridgehead atoms. The highest BCUT2D eigenvalue weighted by atomic mass is 16.5. The number of hydrogen-bond donors (Lipinski definition) is 0. The monoisotopic (exact) mass is 215 g/mol. The molecule has 1 saturated carbocycles. The lowest BCUT2D eigenvalue weighted by Gasteiger charge is -1.92. The fourth-order valence-corrected chi connectivity index (χ4v) is 1.88. The Kier molecular flexibility index (Phi) is 2.24. The van der Waals surface area contributed by atoms with Gasteiger partial charge in [-0.05, 0) is 25.2 Å². The van der Waals surface area contributed by atoms with E-state index in [1.165, 1.54) is 12.8 Å².